The molecule has 1 aliphatic heterocycles. The molecule has 0 aromatic carbocycles. The Morgan fingerprint density at radius 3 is 2.59 bits per heavy atom. The zero-order valence-corrected chi connectivity index (χ0v) is 11.5. The molecule has 1 fully saturated rings. The van der Waals surface area contributed by atoms with Crippen LogP contribution in [0.25, 0.3) is 0 Å². The molecule has 17 heavy (non-hydrogen) atoms. The van der Waals surface area contributed by atoms with E-state index in [1.807, 2.05) is 18.7 Å². The first-order valence-electron chi connectivity index (χ1n) is 6.74. The molecule has 3 nitrogen and oxygen atoms in total. The molecule has 0 radical (unpaired) electrons. The number of carbonyl (C=O) groups excluding carboxylic acids is 1. The third kappa shape index (κ3) is 3.32. The summed E-state index contributed by atoms with van der Waals surface area (Å²) in [6.07, 6.45) is 4.07. The zero-order valence-electron chi connectivity index (χ0n) is 11.5. The summed E-state index contributed by atoms with van der Waals surface area (Å²) < 4.78 is 0. The van der Waals surface area contributed by atoms with Gasteiger partial charge in [-0.3, -0.25) is 4.79 Å². The minimum atomic E-state index is -0.291. The van der Waals surface area contributed by atoms with Gasteiger partial charge in [0.2, 0.25) is 5.91 Å². The molecule has 0 bridgehead atoms. The largest absolute Gasteiger partial charge is 0.337 e. The van der Waals surface area contributed by atoms with Crippen LogP contribution in [0.2, 0.25) is 0 Å². The first kappa shape index (κ1) is 14.2. The highest BCUT2D eigenvalue weighted by Crippen LogP contribution is 2.27. The van der Waals surface area contributed by atoms with Crippen molar-refractivity contribution in [2.45, 2.75) is 52.0 Å². The molecule has 0 aromatic heterocycles. The molecule has 1 saturated heterocycles. The molecule has 0 saturated carbocycles. The van der Waals surface area contributed by atoms with Crippen LogP contribution in [0.4, 0.5) is 0 Å². The molecule has 1 aliphatic rings. The van der Waals surface area contributed by atoms with Crippen LogP contribution in [0.5, 0.6) is 0 Å². The van der Waals surface area contributed by atoms with Crippen molar-refractivity contribution < 1.29 is 4.79 Å². The van der Waals surface area contributed by atoms with Crippen LogP contribution in [0.15, 0.2) is 12.2 Å². The van der Waals surface area contributed by atoms with E-state index in [0.29, 0.717) is 6.54 Å². The lowest BCUT2D eigenvalue weighted by Crippen LogP contribution is -2.55. The molecule has 3 heteroatoms. The standard InChI is InChI=1S/C14H26N2O/c1-5-8-14(9-7-10-15-14)13(17)16(6-2)11-12(3)4/h15H,3,5-11H2,1-2,4H3. The van der Waals surface area contributed by atoms with E-state index in [0.717, 1.165) is 44.3 Å². The maximum absolute atomic E-state index is 12.6. The van der Waals surface area contributed by atoms with Crippen molar-refractivity contribution in [3.8, 4) is 0 Å². The van der Waals surface area contributed by atoms with Gasteiger partial charge in [-0.1, -0.05) is 25.5 Å². The molecule has 1 atom stereocenters. The molecule has 1 unspecified atom stereocenters. The molecular weight excluding hydrogens is 212 g/mol. The highest BCUT2D eigenvalue weighted by Gasteiger charge is 2.41. The van der Waals surface area contributed by atoms with Crippen LogP contribution < -0.4 is 5.32 Å². The Kier molecular flexibility index (Phi) is 5.19. The van der Waals surface area contributed by atoms with Gasteiger partial charge < -0.3 is 10.2 Å². The summed E-state index contributed by atoms with van der Waals surface area (Å²) in [7, 11) is 0. The van der Waals surface area contributed by atoms with Crippen LogP contribution >= 0.6 is 0 Å². The van der Waals surface area contributed by atoms with E-state index >= 15 is 0 Å². The van der Waals surface area contributed by atoms with Gasteiger partial charge in [-0.25, -0.2) is 0 Å². The number of hydrogen-bond donors (Lipinski definition) is 1. The fourth-order valence-electron chi connectivity index (χ4n) is 2.69. The van der Waals surface area contributed by atoms with Crippen molar-refractivity contribution in [2.24, 2.45) is 0 Å². The minimum Gasteiger partial charge on any atom is -0.337 e. The van der Waals surface area contributed by atoms with Crippen molar-refractivity contribution in [1.82, 2.24) is 10.2 Å². The summed E-state index contributed by atoms with van der Waals surface area (Å²) in [6.45, 7) is 12.5. The number of carbonyl (C=O) groups is 1. The number of amides is 1. The van der Waals surface area contributed by atoms with E-state index < -0.39 is 0 Å². The molecular formula is C14H26N2O. The van der Waals surface area contributed by atoms with Gasteiger partial charge in [-0.2, -0.15) is 0 Å². The summed E-state index contributed by atoms with van der Waals surface area (Å²) in [5.74, 6) is 0.266. The maximum Gasteiger partial charge on any atom is 0.243 e. The summed E-state index contributed by atoms with van der Waals surface area (Å²) in [5, 5.41) is 3.44. The van der Waals surface area contributed by atoms with Crippen molar-refractivity contribution in [2.75, 3.05) is 19.6 Å². The normalized spacial score (nSPS) is 23.7. The molecule has 1 N–H and O–H groups in total. The van der Waals surface area contributed by atoms with Crippen molar-refractivity contribution in [3.63, 3.8) is 0 Å². The maximum atomic E-state index is 12.6. The fourth-order valence-corrected chi connectivity index (χ4v) is 2.69. The number of rotatable bonds is 6. The Morgan fingerprint density at radius 1 is 1.47 bits per heavy atom. The first-order valence-corrected chi connectivity index (χ1v) is 6.74. The van der Waals surface area contributed by atoms with E-state index in [1.54, 1.807) is 0 Å². The molecule has 1 amide bonds. The topological polar surface area (TPSA) is 32.3 Å². The van der Waals surface area contributed by atoms with Crippen LogP contribution in [0, 0.1) is 0 Å². The SMILES string of the molecule is C=C(C)CN(CC)C(=O)C1(CCC)CCCN1. The zero-order chi connectivity index (χ0) is 12.9. The fraction of sp³-hybridized carbons (Fsp3) is 0.786. The monoisotopic (exact) mass is 238 g/mol. The molecule has 0 aliphatic carbocycles. The number of nitrogens with zero attached hydrogens (tertiary/aromatic N) is 1. The van der Waals surface area contributed by atoms with Gasteiger partial charge in [0, 0.05) is 13.1 Å². The Balaban J connectivity index is 2.78. The van der Waals surface area contributed by atoms with Crippen molar-refractivity contribution >= 4 is 5.91 Å². The lowest BCUT2D eigenvalue weighted by atomic mass is 9.90. The average molecular weight is 238 g/mol. The van der Waals surface area contributed by atoms with Crippen molar-refractivity contribution in [1.29, 1.82) is 0 Å². The first-order chi connectivity index (χ1) is 8.05. The van der Waals surface area contributed by atoms with Gasteiger partial charge in [0.1, 0.15) is 0 Å². The van der Waals surface area contributed by atoms with E-state index in [-0.39, 0.29) is 11.4 Å². The molecule has 1 rings (SSSR count). The van der Waals surface area contributed by atoms with Gasteiger partial charge in [0.15, 0.2) is 0 Å². The second-order valence-electron chi connectivity index (χ2n) is 5.14. The lowest BCUT2D eigenvalue weighted by molar-refractivity contribution is -0.137. The average Bonchev–Trinajstić information content (AvgIpc) is 2.75. The Bertz CT molecular complexity index is 280. The van der Waals surface area contributed by atoms with E-state index in [2.05, 4.69) is 18.8 Å². The molecule has 0 aromatic rings. The molecule has 98 valence electrons. The number of likely N-dealkylation sites (N-methyl/N-ethyl adjacent to an activating group) is 1. The smallest absolute Gasteiger partial charge is 0.243 e. The Morgan fingerprint density at radius 2 is 2.18 bits per heavy atom. The van der Waals surface area contributed by atoms with Crippen LogP contribution in [-0.2, 0) is 4.79 Å². The second-order valence-corrected chi connectivity index (χ2v) is 5.14. The number of hydrogen-bond acceptors (Lipinski definition) is 2. The molecule has 1 heterocycles. The minimum absolute atomic E-state index is 0.266. The third-order valence-corrected chi connectivity index (χ3v) is 3.46. The molecule has 0 spiro atoms. The summed E-state index contributed by atoms with van der Waals surface area (Å²) in [4.78, 5) is 14.6. The highest BCUT2D eigenvalue weighted by atomic mass is 16.2. The predicted octanol–water partition coefficient (Wildman–Crippen LogP) is 2.33. The summed E-state index contributed by atoms with van der Waals surface area (Å²) >= 11 is 0. The van der Waals surface area contributed by atoms with E-state index in [9.17, 15) is 4.79 Å². The Hall–Kier alpha value is -0.830. The quantitative estimate of drug-likeness (QED) is 0.720. The third-order valence-electron chi connectivity index (χ3n) is 3.46. The van der Waals surface area contributed by atoms with Gasteiger partial charge in [-0.15, -0.1) is 0 Å². The highest BCUT2D eigenvalue weighted by molar-refractivity contribution is 5.87. The lowest BCUT2D eigenvalue weighted by Gasteiger charge is -2.34. The Labute approximate surface area is 105 Å². The summed E-state index contributed by atoms with van der Waals surface area (Å²) in [6, 6.07) is 0. The van der Waals surface area contributed by atoms with E-state index in [4.69, 9.17) is 0 Å². The van der Waals surface area contributed by atoms with Gasteiger partial charge in [-0.05, 0) is 39.7 Å². The van der Waals surface area contributed by atoms with Gasteiger partial charge in [0.05, 0.1) is 5.54 Å². The van der Waals surface area contributed by atoms with Crippen molar-refractivity contribution in [3.05, 3.63) is 12.2 Å². The predicted molar refractivity (Wildman–Crippen MR) is 71.9 cm³/mol. The second kappa shape index (κ2) is 6.20. The van der Waals surface area contributed by atoms with Crippen LogP contribution in [0.1, 0.15) is 46.5 Å². The summed E-state index contributed by atoms with van der Waals surface area (Å²) in [5.41, 5.74) is 0.755. The van der Waals surface area contributed by atoms with Crippen LogP contribution in [0.3, 0.4) is 0 Å². The number of nitrogens with one attached hydrogen (secondary N) is 1. The van der Waals surface area contributed by atoms with Crippen LogP contribution in [-0.4, -0.2) is 36.0 Å². The van der Waals surface area contributed by atoms with Gasteiger partial charge in [0.25, 0.3) is 0 Å². The van der Waals surface area contributed by atoms with E-state index in [1.165, 1.54) is 0 Å². The van der Waals surface area contributed by atoms with Gasteiger partial charge >= 0.3 is 0 Å².